The van der Waals surface area contributed by atoms with E-state index in [0.29, 0.717) is 12.1 Å². The van der Waals surface area contributed by atoms with Crippen molar-refractivity contribution in [3.63, 3.8) is 0 Å². The molecule has 1 saturated carbocycles. The van der Waals surface area contributed by atoms with Gasteiger partial charge in [0.2, 0.25) is 5.43 Å². The number of rotatable bonds is 5. The van der Waals surface area contributed by atoms with Crippen LogP contribution in [0.5, 0.6) is 0 Å². The van der Waals surface area contributed by atoms with Crippen LogP contribution in [0.2, 0.25) is 0 Å². The molecule has 190 valence electrons. The van der Waals surface area contributed by atoms with Crippen molar-refractivity contribution in [1.29, 1.82) is 0 Å². The summed E-state index contributed by atoms with van der Waals surface area (Å²) in [6.45, 7) is 1.90. The normalized spacial score (nSPS) is 21.0. The third-order valence-corrected chi connectivity index (χ3v) is 7.06. The first-order valence-electron chi connectivity index (χ1n) is 11.8. The average molecular weight is 502 g/mol. The lowest BCUT2D eigenvalue weighted by Crippen LogP contribution is -2.42. The van der Waals surface area contributed by atoms with Gasteiger partial charge in [-0.3, -0.25) is 14.2 Å². The third kappa shape index (κ3) is 4.22. The molecule has 1 amide bonds. The second-order valence-corrected chi connectivity index (χ2v) is 9.48. The van der Waals surface area contributed by atoms with Gasteiger partial charge >= 0.3 is 0 Å². The van der Waals surface area contributed by atoms with Crippen molar-refractivity contribution in [3.05, 3.63) is 63.7 Å². The van der Waals surface area contributed by atoms with Gasteiger partial charge in [-0.1, -0.05) is 6.42 Å². The molecular formula is C25H25F3N4O4. The molecule has 0 bridgehead atoms. The lowest BCUT2D eigenvalue weighted by atomic mass is 9.80. The smallest absolute Gasteiger partial charge is 0.257 e. The van der Waals surface area contributed by atoms with Crippen LogP contribution in [0.3, 0.4) is 0 Å². The second kappa shape index (κ2) is 9.21. The SMILES string of the molecule is CC(NC(=O)c1cn(-c2c(F)cc(F)cc2F)c2nc(N3C[C@@H](O)CC3O)ccc2c1=O)C1CCC1. The van der Waals surface area contributed by atoms with E-state index < -0.39 is 46.8 Å². The number of aliphatic hydroxyl groups excluding tert-OH is 2. The number of anilines is 1. The summed E-state index contributed by atoms with van der Waals surface area (Å²) in [6, 6.07) is 3.55. The van der Waals surface area contributed by atoms with Crippen molar-refractivity contribution < 1.29 is 28.2 Å². The van der Waals surface area contributed by atoms with Gasteiger partial charge in [0.1, 0.15) is 29.1 Å². The monoisotopic (exact) mass is 502 g/mol. The summed E-state index contributed by atoms with van der Waals surface area (Å²) in [5.41, 5.74) is -1.94. The zero-order valence-corrected chi connectivity index (χ0v) is 19.4. The van der Waals surface area contributed by atoms with Crippen LogP contribution in [0.4, 0.5) is 19.0 Å². The van der Waals surface area contributed by atoms with Gasteiger partial charge < -0.3 is 20.4 Å². The Labute approximate surface area is 204 Å². The van der Waals surface area contributed by atoms with Crippen LogP contribution in [-0.2, 0) is 0 Å². The molecule has 3 atom stereocenters. The number of amides is 1. The number of carbonyl (C=O) groups excluding carboxylic acids is 1. The molecule has 2 aliphatic rings. The first-order chi connectivity index (χ1) is 17.1. The van der Waals surface area contributed by atoms with Crippen molar-refractivity contribution in [2.45, 2.75) is 51.0 Å². The summed E-state index contributed by atoms with van der Waals surface area (Å²) >= 11 is 0. The Morgan fingerprint density at radius 3 is 2.44 bits per heavy atom. The Balaban J connectivity index is 1.69. The molecule has 1 aromatic carbocycles. The molecule has 1 saturated heterocycles. The lowest BCUT2D eigenvalue weighted by Gasteiger charge is -2.31. The van der Waals surface area contributed by atoms with E-state index in [1.54, 1.807) is 0 Å². The Kier molecular flexibility index (Phi) is 6.21. The Morgan fingerprint density at radius 1 is 1.17 bits per heavy atom. The van der Waals surface area contributed by atoms with E-state index in [0.717, 1.165) is 30.0 Å². The van der Waals surface area contributed by atoms with E-state index in [4.69, 9.17) is 0 Å². The summed E-state index contributed by atoms with van der Waals surface area (Å²) < 4.78 is 44.3. The number of aliphatic hydroxyl groups is 2. The number of β-amino-alcohol motifs (C(OH)–C–C–N with tert-alkyl or cyclic N) is 1. The first kappa shape index (κ1) is 24.3. The van der Waals surface area contributed by atoms with Gasteiger partial charge in [0.05, 0.1) is 11.5 Å². The van der Waals surface area contributed by atoms with Crippen molar-refractivity contribution in [1.82, 2.24) is 14.9 Å². The van der Waals surface area contributed by atoms with Gasteiger partial charge in [0.15, 0.2) is 17.3 Å². The first-order valence-corrected chi connectivity index (χ1v) is 11.8. The molecule has 0 radical (unpaired) electrons. The topological polar surface area (TPSA) is 108 Å². The summed E-state index contributed by atoms with van der Waals surface area (Å²) in [5.74, 6) is -3.89. The number of aromatic nitrogens is 2. The molecule has 2 unspecified atom stereocenters. The number of benzene rings is 1. The number of hydrogen-bond acceptors (Lipinski definition) is 6. The number of carbonyl (C=O) groups is 1. The van der Waals surface area contributed by atoms with Gasteiger partial charge in [-0.05, 0) is 37.8 Å². The molecule has 11 heteroatoms. The zero-order valence-electron chi connectivity index (χ0n) is 19.4. The number of pyridine rings is 2. The number of halogens is 3. The van der Waals surface area contributed by atoms with Crippen LogP contribution >= 0.6 is 0 Å². The molecule has 1 aliphatic carbocycles. The molecule has 2 aromatic heterocycles. The fourth-order valence-electron chi connectivity index (χ4n) is 4.83. The largest absolute Gasteiger partial charge is 0.391 e. The minimum Gasteiger partial charge on any atom is -0.391 e. The van der Waals surface area contributed by atoms with Crippen molar-refractivity contribution >= 4 is 22.8 Å². The standard InChI is InChI=1S/C25H25F3N4O4/c1-12(13-3-2-4-13)29-25(36)17-11-32(22-18(27)7-14(26)8-19(22)28)24-16(23(17)35)5-6-20(30-24)31-10-15(33)9-21(31)34/h5-8,11-13,15,21,33-34H,2-4,9-10H2,1H3,(H,29,36)/t12?,15-,21?/m0/s1. The molecule has 5 rings (SSSR count). The highest BCUT2D eigenvalue weighted by atomic mass is 19.1. The number of fused-ring (bicyclic) bond motifs is 1. The molecule has 0 spiro atoms. The van der Waals surface area contributed by atoms with Crippen molar-refractivity contribution in [3.8, 4) is 5.69 Å². The molecular weight excluding hydrogens is 477 g/mol. The minimum atomic E-state index is -1.25. The highest BCUT2D eigenvalue weighted by Crippen LogP contribution is 2.30. The third-order valence-electron chi connectivity index (χ3n) is 7.06. The maximum Gasteiger partial charge on any atom is 0.257 e. The predicted molar refractivity (Wildman–Crippen MR) is 125 cm³/mol. The molecule has 3 heterocycles. The van der Waals surface area contributed by atoms with E-state index >= 15 is 0 Å². The Hall–Kier alpha value is -3.44. The van der Waals surface area contributed by atoms with E-state index in [1.807, 2.05) is 6.92 Å². The van der Waals surface area contributed by atoms with Crippen molar-refractivity contribution in [2.75, 3.05) is 11.4 Å². The maximum absolute atomic E-state index is 14.9. The molecule has 36 heavy (non-hydrogen) atoms. The van der Waals surface area contributed by atoms with E-state index in [-0.39, 0.29) is 47.3 Å². The molecule has 3 aromatic rings. The fourth-order valence-corrected chi connectivity index (χ4v) is 4.83. The summed E-state index contributed by atoms with van der Waals surface area (Å²) in [6.07, 6.45) is 2.19. The Bertz CT molecular complexity index is 1390. The van der Waals surface area contributed by atoms with Crippen LogP contribution in [-0.4, -0.2) is 50.6 Å². The zero-order chi connectivity index (χ0) is 25.7. The summed E-state index contributed by atoms with van der Waals surface area (Å²) in [7, 11) is 0. The van der Waals surface area contributed by atoms with Crippen LogP contribution in [0, 0.1) is 23.4 Å². The van der Waals surface area contributed by atoms with E-state index in [9.17, 15) is 33.0 Å². The summed E-state index contributed by atoms with van der Waals surface area (Å²) in [5, 5.41) is 22.8. The average Bonchev–Trinajstić information content (AvgIpc) is 3.10. The van der Waals surface area contributed by atoms with Crippen LogP contribution in [0.15, 0.2) is 35.3 Å². The van der Waals surface area contributed by atoms with E-state index in [2.05, 4.69) is 10.3 Å². The molecule has 8 nitrogen and oxygen atoms in total. The quantitative estimate of drug-likeness (QED) is 0.495. The predicted octanol–water partition coefficient (Wildman–Crippen LogP) is 2.61. The Morgan fingerprint density at radius 2 is 1.86 bits per heavy atom. The highest BCUT2D eigenvalue weighted by molar-refractivity contribution is 5.97. The van der Waals surface area contributed by atoms with Gasteiger partial charge in [-0.25, -0.2) is 18.2 Å². The lowest BCUT2D eigenvalue weighted by molar-refractivity contribution is 0.0907. The molecule has 3 N–H and O–H groups in total. The van der Waals surface area contributed by atoms with Crippen LogP contribution in [0.25, 0.3) is 16.7 Å². The van der Waals surface area contributed by atoms with Crippen LogP contribution in [0.1, 0.15) is 43.0 Å². The molecule has 1 aliphatic heterocycles. The van der Waals surface area contributed by atoms with Gasteiger partial charge in [-0.2, -0.15) is 0 Å². The van der Waals surface area contributed by atoms with E-state index in [1.165, 1.54) is 17.0 Å². The second-order valence-electron chi connectivity index (χ2n) is 9.48. The van der Waals surface area contributed by atoms with Gasteiger partial charge in [0.25, 0.3) is 5.91 Å². The van der Waals surface area contributed by atoms with Gasteiger partial charge in [0, 0.05) is 37.3 Å². The van der Waals surface area contributed by atoms with Crippen LogP contribution < -0.4 is 15.6 Å². The number of nitrogens with one attached hydrogen (secondary N) is 1. The maximum atomic E-state index is 14.9. The van der Waals surface area contributed by atoms with Crippen molar-refractivity contribution in [2.24, 2.45) is 5.92 Å². The minimum absolute atomic E-state index is 0.0583. The number of hydrogen-bond donors (Lipinski definition) is 3. The molecule has 2 fully saturated rings. The number of nitrogens with zero attached hydrogens (tertiary/aromatic N) is 3. The summed E-state index contributed by atoms with van der Waals surface area (Å²) in [4.78, 5) is 32.1. The fraction of sp³-hybridized carbons (Fsp3) is 0.400. The highest BCUT2D eigenvalue weighted by Gasteiger charge is 2.31. The van der Waals surface area contributed by atoms with Gasteiger partial charge in [-0.15, -0.1) is 0 Å².